The monoisotopic (exact) mass is 356 g/mol. The van der Waals surface area contributed by atoms with Crippen LogP contribution >= 0.6 is 0 Å². The largest absolute Gasteiger partial charge is 0.357 e. The fraction of sp³-hybridized carbons (Fsp3) is 0.400. The summed E-state index contributed by atoms with van der Waals surface area (Å²) in [5.41, 5.74) is 2.54. The molecule has 1 aromatic heterocycles. The lowest BCUT2D eigenvalue weighted by Crippen LogP contribution is -2.37. The third kappa shape index (κ3) is 3.95. The van der Waals surface area contributed by atoms with E-state index in [2.05, 4.69) is 34.4 Å². The molecule has 0 spiro atoms. The van der Waals surface area contributed by atoms with Gasteiger partial charge in [-0.15, -0.1) is 0 Å². The van der Waals surface area contributed by atoms with Crippen LogP contribution in [-0.2, 0) is 13.0 Å². The van der Waals surface area contributed by atoms with Crippen LogP contribution in [0.15, 0.2) is 36.5 Å². The molecule has 0 radical (unpaired) electrons. The number of carbonyl (C=O) groups excluding carboxylic acids is 1. The molecule has 5 nitrogen and oxygen atoms in total. The van der Waals surface area contributed by atoms with Gasteiger partial charge in [-0.05, 0) is 55.5 Å². The third-order valence-electron chi connectivity index (χ3n) is 4.87. The van der Waals surface area contributed by atoms with Gasteiger partial charge in [0.15, 0.2) is 0 Å². The number of nitrogens with zero attached hydrogens (tertiary/aromatic N) is 2. The molecule has 1 aromatic carbocycles. The molecule has 1 aliphatic carbocycles. The zero-order valence-corrected chi connectivity index (χ0v) is 15.3. The van der Waals surface area contributed by atoms with Crippen LogP contribution in [0.4, 0.5) is 15.0 Å². The van der Waals surface area contributed by atoms with E-state index in [1.807, 2.05) is 18.2 Å². The first kappa shape index (κ1) is 18.2. The highest BCUT2D eigenvalue weighted by Gasteiger charge is 2.25. The Morgan fingerprint density at radius 3 is 2.77 bits per heavy atom. The van der Waals surface area contributed by atoms with E-state index in [9.17, 15) is 9.18 Å². The lowest BCUT2D eigenvalue weighted by atomic mass is 10.1. The maximum absolute atomic E-state index is 13.8. The minimum atomic E-state index is -0.250. The van der Waals surface area contributed by atoms with Gasteiger partial charge in [0.05, 0.1) is 6.04 Å². The Bertz CT molecular complexity index is 759. The molecule has 138 valence electrons. The van der Waals surface area contributed by atoms with Crippen molar-refractivity contribution in [1.82, 2.24) is 15.6 Å². The molecule has 0 bridgehead atoms. The maximum Gasteiger partial charge on any atom is 0.315 e. The number of hydrogen-bond donors (Lipinski definition) is 2. The summed E-state index contributed by atoms with van der Waals surface area (Å²) < 4.78 is 13.8. The minimum Gasteiger partial charge on any atom is -0.357 e. The first-order valence-electron chi connectivity index (χ1n) is 9.13. The topological polar surface area (TPSA) is 57.3 Å². The number of pyridine rings is 1. The predicted molar refractivity (Wildman–Crippen MR) is 101 cm³/mol. The molecular formula is C20H25FN4O. The number of aromatic nitrogens is 1. The fourth-order valence-corrected chi connectivity index (χ4v) is 3.41. The van der Waals surface area contributed by atoms with Gasteiger partial charge >= 0.3 is 6.03 Å². The first-order chi connectivity index (χ1) is 12.6. The summed E-state index contributed by atoms with van der Waals surface area (Å²) in [5.74, 6) is 0.749. The maximum atomic E-state index is 13.8. The molecule has 3 rings (SSSR count). The van der Waals surface area contributed by atoms with E-state index in [4.69, 9.17) is 0 Å². The Hall–Kier alpha value is -2.63. The highest BCUT2D eigenvalue weighted by molar-refractivity contribution is 5.74. The van der Waals surface area contributed by atoms with Crippen LogP contribution in [0.5, 0.6) is 0 Å². The van der Waals surface area contributed by atoms with Crippen LogP contribution in [-0.4, -0.2) is 24.1 Å². The third-order valence-corrected chi connectivity index (χ3v) is 4.87. The van der Waals surface area contributed by atoms with E-state index >= 15 is 0 Å². The van der Waals surface area contributed by atoms with Crippen molar-refractivity contribution in [2.75, 3.05) is 18.0 Å². The number of benzene rings is 1. The molecule has 6 heteroatoms. The van der Waals surface area contributed by atoms with Crippen LogP contribution < -0.4 is 15.5 Å². The lowest BCUT2D eigenvalue weighted by Gasteiger charge is -2.19. The molecule has 0 aliphatic heterocycles. The molecule has 26 heavy (non-hydrogen) atoms. The molecular weight excluding hydrogens is 331 g/mol. The highest BCUT2D eigenvalue weighted by atomic mass is 19.1. The molecule has 1 unspecified atom stereocenters. The average molecular weight is 356 g/mol. The number of amides is 2. The van der Waals surface area contributed by atoms with Gasteiger partial charge in [-0.3, -0.25) is 0 Å². The van der Waals surface area contributed by atoms with Crippen LogP contribution in [0.25, 0.3) is 0 Å². The van der Waals surface area contributed by atoms with Gasteiger partial charge in [0.2, 0.25) is 0 Å². The fourth-order valence-electron chi connectivity index (χ4n) is 3.41. The smallest absolute Gasteiger partial charge is 0.315 e. The predicted octanol–water partition coefficient (Wildman–Crippen LogP) is 3.55. The molecule has 0 fully saturated rings. The van der Waals surface area contributed by atoms with Crippen molar-refractivity contribution in [2.45, 2.75) is 39.3 Å². The Kier molecular flexibility index (Phi) is 5.71. The van der Waals surface area contributed by atoms with Crippen molar-refractivity contribution in [3.05, 3.63) is 59.0 Å². The van der Waals surface area contributed by atoms with Crippen molar-refractivity contribution in [1.29, 1.82) is 0 Å². The zero-order valence-electron chi connectivity index (χ0n) is 15.3. The van der Waals surface area contributed by atoms with Crippen LogP contribution in [0.3, 0.4) is 0 Å². The average Bonchev–Trinajstić information content (AvgIpc) is 3.06. The molecule has 0 saturated heterocycles. The number of anilines is 1. The summed E-state index contributed by atoms with van der Waals surface area (Å²) >= 11 is 0. The molecule has 2 N–H and O–H groups in total. The van der Waals surface area contributed by atoms with Crippen molar-refractivity contribution >= 4 is 11.8 Å². The Morgan fingerprint density at radius 1 is 1.27 bits per heavy atom. The van der Waals surface area contributed by atoms with Gasteiger partial charge in [-0.25, -0.2) is 14.2 Å². The number of halogens is 1. The quantitative estimate of drug-likeness (QED) is 0.832. The second-order valence-corrected chi connectivity index (χ2v) is 6.42. The van der Waals surface area contributed by atoms with E-state index in [-0.39, 0.29) is 17.9 Å². The second-order valence-electron chi connectivity index (χ2n) is 6.42. The molecule has 1 atom stereocenters. The highest BCUT2D eigenvalue weighted by Crippen LogP contribution is 2.32. The summed E-state index contributed by atoms with van der Waals surface area (Å²) in [5, 5.41) is 5.79. The zero-order chi connectivity index (χ0) is 18.5. The van der Waals surface area contributed by atoms with Crippen LogP contribution in [0, 0.1) is 5.82 Å². The van der Waals surface area contributed by atoms with E-state index < -0.39 is 0 Å². The lowest BCUT2D eigenvalue weighted by molar-refractivity contribution is 0.236. The number of hydrogen-bond acceptors (Lipinski definition) is 3. The normalized spacial score (nSPS) is 15.4. The molecule has 0 saturated carbocycles. The standard InChI is InChI=1S/C20H25FN4O/c1-3-25(4-2)19-11-8-14(12-22-19)13-23-20(26)24-18-10-9-15-16(18)6-5-7-17(15)21/h5-8,11-12,18H,3-4,9-10,13H2,1-2H3,(H2,23,24,26). The summed E-state index contributed by atoms with van der Waals surface area (Å²) in [6.45, 7) is 6.41. The Balaban J connectivity index is 1.53. The van der Waals surface area contributed by atoms with Crippen molar-refractivity contribution < 1.29 is 9.18 Å². The van der Waals surface area contributed by atoms with Gasteiger partial charge < -0.3 is 15.5 Å². The van der Waals surface area contributed by atoms with Crippen molar-refractivity contribution in [3.63, 3.8) is 0 Å². The van der Waals surface area contributed by atoms with E-state index in [0.29, 0.717) is 18.5 Å². The van der Waals surface area contributed by atoms with E-state index in [1.54, 1.807) is 12.3 Å². The Labute approximate surface area is 153 Å². The van der Waals surface area contributed by atoms with Crippen LogP contribution in [0.1, 0.15) is 43.0 Å². The van der Waals surface area contributed by atoms with E-state index in [0.717, 1.165) is 36.5 Å². The second kappa shape index (κ2) is 8.17. The molecule has 1 heterocycles. The SMILES string of the molecule is CCN(CC)c1ccc(CNC(=O)NC2CCc3c(F)cccc32)cn1. The summed E-state index contributed by atoms with van der Waals surface area (Å²) in [7, 11) is 0. The van der Waals surface area contributed by atoms with Crippen LogP contribution in [0.2, 0.25) is 0 Å². The van der Waals surface area contributed by atoms with Gasteiger partial charge in [0.25, 0.3) is 0 Å². The van der Waals surface area contributed by atoms with Gasteiger partial charge in [0.1, 0.15) is 11.6 Å². The van der Waals surface area contributed by atoms with Crippen molar-refractivity contribution in [2.24, 2.45) is 0 Å². The minimum absolute atomic E-state index is 0.135. The summed E-state index contributed by atoms with van der Waals surface area (Å²) in [6, 6.07) is 8.60. The van der Waals surface area contributed by atoms with Crippen molar-refractivity contribution in [3.8, 4) is 0 Å². The number of carbonyl (C=O) groups is 1. The van der Waals surface area contributed by atoms with Gasteiger partial charge in [0, 0.05) is 25.8 Å². The van der Waals surface area contributed by atoms with E-state index in [1.165, 1.54) is 6.07 Å². The number of fused-ring (bicyclic) bond motifs is 1. The Morgan fingerprint density at radius 2 is 2.08 bits per heavy atom. The number of nitrogens with one attached hydrogen (secondary N) is 2. The number of urea groups is 1. The number of rotatable bonds is 6. The molecule has 2 aromatic rings. The molecule has 1 aliphatic rings. The summed E-state index contributed by atoms with van der Waals surface area (Å²) in [4.78, 5) is 18.8. The first-order valence-corrected chi connectivity index (χ1v) is 9.13. The summed E-state index contributed by atoms with van der Waals surface area (Å²) in [6.07, 6.45) is 3.17. The van der Waals surface area contributed by atoms with Gasteiger partial charge in [-0.1, -0.05) is 18.2 Å². The van der Waals surface area contributed by atoms with Gasteiger partial charge in [-0.2, -0.15) is 0 Å². The molecule has 2 amide bonds.